The number of amides is 1. The SMILES string of the molecule is COCc1cc(NC(=O)C2(c3ccc(OC)cc3)CCCC2)cc(C(=O)O)c1. The standard InChI is InChI=1S/C22H25NO5/c1-27-14-15-11-16(20(24)25)13-18(12-15)23-21(26)22(9-3-4-10-22)17-5-7-19(28-2)8-6-17/h5-8,11-13H,3-4,9-10,14H2,1-2H3,(H,23,26)(H,24,25). The molecule has 2 aromatic carbocycles. The van der Waals surface area contributed by atoms with Gasteiger partial charge in [-0.2, -0.15) is 0 Å². The highest BCUT2D eigenvalue weighted by Gasteiger charge is 2.42. The van der Waals surface area contributed by atoms with E-state index in [9.17, 15) is 14.7 Å². The van der Waals surface area contributed by atoms with Gasteiger partial charge in [-0.15, -0.1) is 0 Å². The van der Waals surface area contributed by atoms with Crippen molar-refractivity contribution in [2.75, 3.05) is 19.5 Å². The lowest BCUT2D eigenvalue weighted by Gasteiger charge is -2.28. The summed E-state index contributed by atoms with van der Waals surface area (Å²) in [5.41, 5.74) is 1.62. The van der Waals surface area contributed by atoms with Crippen LogP contribution in [0.1, 0.15) is 47.2 Å². The normalized spacial score (nSPS) is 15.2. The lowest BCUT2D eigenvalue weighted by molar-refractivity contribution is -0.121. The second kappa shape index (κ2) is 8.44. The van der Waals surface area contributed by atoms with Gasteiger partial charge in [0.2, 0.25) is 5.91 Å². The summed E-state index contributed by atoms with van der Waals surface area (Å²) in [6.45, 7) is 0.271. The molecule has 0 spiro atoms. The minimum absolute atomic E-state index is 0.110. The van der Waals surface area contributed by atoms with Crippen molar-refractivity contribution in [3.8, 4) is 5.75 Å². The summed E-state index contributed by atoms with van der Waals surface area (Å²) in [4.78, 5) is 24.8. The van der Waals surface area contributed by atoms with E-state index in [1.54, 1.807) is 26.4 Å². The molecule has 6 heteroatoms. The van der Waals surface area contributed by atoms with Gasteiger partial charge in [-0.3, -0.25) is 4.79 Å². The molecule has 1 saturated carbocycles. The van der Waals surface area contributed by atoms with Gasteiger partial charge in [0.25, 0.3) is 0 Å². The number of carbonyl (C=O) groups excluding carboxylic acids is 1. The molecule has 1 amide bonds. The first-order valence-electron chi connectivity index (χ1n) is 9.31. The van der Waals surface area contributed by atoms with Crippen molar-refractivity contribution < 1.29 is 24.2 Å². The van der Waals surface area contributed by atoms with Crippen molar-refractivity contribution in [3.63, 3.8) is 0 Å². The van der Waals surface area contributed by atoms with E-state index in [2.05, 4.69) is 5.32 Å². The molecular formula is C22H25NO5. The predicted molar refractivity (Wildman–Crippen MR) is 106 cm³/mol. The van der Waals surface area contributed by atoms with Crippen LogP contribution in [0.3, 0.4) is 0 Å². The second-order valence-electron chi connectivity index (χ2n) is 7.13. The number of methoxy groups -OCH3 is 2. The van der Waals surface area contributed by atoms with Gasteiger partial charge in [0.1, 0.15) is 5.75 Å². The third kappa shape index (κ3) is 4.02. The molecule has 0 aliphatic heterocycles. The quantitative estimate of drug-likeness (QED) is 0.755. The molecule has 6 nitrogen and oxygen atoms in total. The Hall–Kier alpha value is -2.86. The Bertz CT molecular complexity index is 854. The van der Waals surface area contributed by atoms with Crippen molar-refractivity contribution in [2.24, 2.45) is 0 Å². The average molecular weight is 383 g/mol. The number of hydrogen-bond donors (Lipinski definition) is 2. The number of carboxylic acids is 1. The molecule has 0 bridgehead atoms. The van der Waals surface area contributed by atoms with Crippen LogP contribution in [-0.4, -0.2) is 31.2 Å². The zero-order valence-corrected chi connectivity index (χ0v) is 16.2. The molecule has 28 heavy (non-hydrogen) atoms. The molecule has 3 rings (SSSR count). The minimum atomic E-state index is -1.04. The zero-order valence-electron chi connectivity index (χ0n) is 16.2. The monoisotopic (exact) mass is 383 g/mol. The first-order valence-corrected chi connectivity index (χ1v) is 9.31. The Labute approximate surface area is 164 Å². The topological polar surface area (TPSA) is 84.9 Å². The molecule has 0 saturated heterocycles. The van der Waals surface area contributed by atoms with Crippen molar-refractivity contribution >= 4 is 17.6 Å². The van der Waals surface area contributed by atoms with Gasteiger partial charge in [-0.25, -0.2) is 4.79 Å². The summed E-state index contributed by atoms with van der Waals surface area (Å²) >= 11 is 0. The van der Waals surface area contributed by atoms with Crippen LogP contribution >= 0.6 is 0 Å². The van der Waals surface area contributed by atoms with Crippen LogP contribution in [-0.2, 0) is 21.6 Å². The number of ether oxygens (including phenoxy) is 2. The van der Waals surface area contributed by atoms with E-state index >= 15 is 0 Å². The molecule has 0 aromatic heterocycles. The maximum absolute atomic E-state index is 13.3. The van der Waals surface area contributed by atoms with Gasteiger partial charge in [-0.05, 0) is 54.3 Å². The third-order valence-electron chi connectivity index (χ3n) is 5.34. The number of hydrogen-bond acceptors (Lipinski definition) is 4. The fraction of sp³-hybridized carbons (Fsp3) is 0.364. The summed E-state index contributed by atoms with van der Waals surface area (Å²) in [6.07, 6.45) is 3.47. The highest BCUT2D eigenvalue weighted by molar-refractivity contribution is 6.00. The maximum Gasteiger partial charge on any atom is 0.335 e. The molecule has 0 atom stereocenters. The summed E-state index contributed by atoms with van der Waals surface area (Å²) in [5, 5.41) is 12.3. The molecular weight excluding hydrogens is 358 g/mol. The fourth-order valence-corrected chi connectivity index (χ4v) is 3.92. The number of nitrogens with one attached hydrogen (secondary N) is 1. The van der Waals surface area contributed by atoms with Crippen molar-refractivity contribution in [3.05, 3.63) is 59.2 Å². The minimum Gasteiger partial charge on any atom is -0.497 e. The van der Waals surface area contributed by atoms with Crippen molar-refractivity contribution in [1.29, 1.82) is 0 Å². The van der Waals surface area contributed by atoms with E-state index in [1.165, 1.54) is 6.07 Å². The van der Waals surface area contributed by atoms with Gasteiger partial charge in [0.05, 0.1) is 24.7 Å². The molecule has 0 unspecified atom stereocenters. The summed E-state index contributed by atoms with van der Waals surface area (Å²) in [7, 11) is 3.16. The summed E-state index contributed by atoms with van der Waals surface area (Å²) < 4.78 is 10.3. The van der Waals surface area contributed by atoms with Crippen LogP contribution in [0.15, 0.2) is 42.5 Å². The first kappa shape index (κ1) is 19.9. The van der Waals surface area contributed by atoms with E-state index in [1.807, 2.05) is 24.3 Å². The van der Waals surface area contributed by atoms with Gasteiger partial charge < -0.3 is 19.9 Å². The Kier molecular flexibility index (Phi) is 5.99. The Balaban J connectivity index is 1.91. The van der Waals surface area contributed by atoms with Gasteiger partial charge in [0, 0.05) is 12.8 Å². The number of rotatable bonds is 7. The smallest absolute Gasteiger partial charge is 0.335 e. The lowest BCUT2D eigenvalue weighted by atomic mass is 9.78. The molecule has 1 aliphatic rings. The highest BCUT2D eigenvalue weighted by Crippen LogP contribution is 2.42. The molecule has 0 heterocycles. The average Bonchev–Trinajstić information content (AvgIpc) is 3.19. The molecule has 1 aliphatic carbocycles. The van der Waals surface area contributed by atoms with Crippen molar-refractivity contribution in [2.45, 2.75) is 37.7 Å². The van der Waals surface area contributed by atoms with E-state index in [0.717, 1.165) is 37.0 Å². The van der Waals surface area contributed by atoms with Crippen LogP contribution in [0, 0.1) is 0 Å². The van der Waals surface area contributed by atoms with E-state index in [4.69, 9.17) is 9.47 Å². The number of aromatic carboxylic acids is 1. The highest BCUT2D eigenvalue weighted by atomic mass is 16.5. The first-order chi connectivity index (χ1) is 13.5. The fourth-order valence-electron chi connectivity index (χ4n) is 3.92. The predicted octanol–water partition coefficient (Wildman–Crippen LogP) is 3.99. The van der Waals surface area contributed by atoms with Gasteiger partial charge in [-0.1, -0.05) is 25.0 Å². The molecule has 0 radical (unpaired) electrons. The van der Waals surface area contributed by atoms with Crippen LogP contribution < -0.4 is 10.1 Å². The van der Waals surface area contributed by atoms with Gasteiger partial charge in [0.15, 0.2) is 0 Å². The Morgan fingerprint density at radius 2 is 1.75 bits per heavy atom. The number of benzene rings is 2. The molecule has 148 valence electrons. The maximum atomic E-state index is 13.3. The number of carboxylic acid groups (broad SMARTS) is 1. The van der Waals surface area contributed by atoms with E-state index in [-0.39, 0.29) is 18.1 Å². The molecule has 2 aromatic rings. The zero-order chi connectivity index (χ0) is 20.1. The Morgan fingerprint density at radius 1 is 1.07 bits per heavy atom. The molecule has 1 fully saturated rings. The van der Waals surface area contributed by atoms with E-state index < -0.39 is 11.4 Å². The largest absolute Gasteiger partial charge is 0.497 e. The van der Waals surface area contributed by atoms with Crippen LogP contribution in [0.2, 0.25) is 0 Å². The van der Waals surface area contributed by atoms with Crippen molar-refractivity contribution in [1.82, 2.24) is 0 Å². The van der Waals surface area contributed by atoms with Crippen LogP contribution in [0.25, 0.3) is 0 Å². The third-order valence-corrected chi connectivity index (χ3v) is 5.34. The number of anilines is 1. The van der Waals surface area contributed by atoms with Gasteiger partial charge >= 0.3 is 5.97 Å². The van der Waals surface area contributed by atoms with E-state index in [0.29, 0.717) is 11.3 Å². The lowest BCUT2D eigenvalue weighted by Crippen LogP contribution is -2.38. The Morgan fingerprint density at radius 3 is 2.32 bits per heavy atom. The summed E-state index contributed by atoms with van der Waals surface area (Å²) in [6, 6.07) is 12.4. The van der Waals surface area contributed by atoms with Crippen LogP contribution in [0.5, 0.6) is 5.75 Å². The second-order valence-corrected chi connectivity index (χ2v) is 7.13. The van der Waals surface area contributed by atoms with Crippen LogP contribution in [0.4, 0.5) is 5.69 Å². The molecule has 2 N–H and O–H groups in total. The number of carbonyl (C=O) groups is 2. The summed E-state index contributed by atoms with van der Waals surface area (Å²) in [5.74, 6) is -0.407.